The van der Waals surface area contributed by atoms with Crippen LogP contribution in [-0.2, 0) is 20.7 Å². The minimum atomic E-state index is -0.136. The number of carbonyl (C=O) groups excluding carboxylic acids is 2. The van der Waals surface area contributed by atoms with Crippen LogP contribution in [0.2, 0.25) is 0 Å². The van der Waals surface area contributed by atoms with Crippen LogP contribution in [0, 0.1) is 23.2 Å². The summed E-state index contributed by atoms with van der Waals surface area (Å²) in [4.78, 5) is 25.6. The van der Waals surface area contributed by atoms with Crippen LogP contribution in [0.5, 0.6) is 0 Å². The van der Waals surface area contributed by atoms with E-state index in [4.69, 9.17) is 4.74 Å². The van der Waals surface area contributed by atoms with Crippen LogP contribution in [0.15, 0.2) is 24.3 Å². The number of fused-ring (bicyclic) bond motifs is 5. The van der Waals surface area contributed by atoms with Crippen molar-refractivity contribution < 1.29 is 15.8 Å². The van der Waals surface area contributed by atoms with E-state index in [1.165, 1.54) is 12.0 Å². The summed E-state index contributed by atoms with van der Waals surface area (Å²) in [6.07, 6.45) is 9.63. The molecule has 1 N–H and O–H groups in total. The minimum absolute atomic E-state index is 0. The van der Waals surface area contributed by atoms with E-state index >= 15 is 0 Å². The van der Waals surface area contributed by atoms with Gasteiger partial charge in [0.15, 0.2) is 0 Å². The molecule has 2 saturated carbocycles. The molecule has 5 rings (SSSR count). The van der Waals surface area contributed by atoms with Gasteiger partial charge in [0, 0.05) is 38.9 Å². The number of carbonyl (C=O) groups is 2. The molecule has 4 heteroatoms. The average molecular weight is 426 g/mol. The van der Waals surface area contributed by atoms with Crippen molar-refractivity contribution in [2.24, 2.45) is 23.2 Å². The van der Waals surface area contributed by atoms with E-state index in [1.54, 1.807) is 5.56 Å². The maximum Gasteiger partial charge on any atom is 0.220 e. The van der Waals surface area contributed by atoms with E-state index < -0.39 is 0 Å². The summed E-state index contributed by atoms with van der Waals surface area (Å²) < 4.78 is 5.38. The molecular formula is C27H39NO3. The molecule has 1 saturated heterocycles. The molecule has 0 radical (unpaired) electrons. The number of nitrogens with one attached hydrogen (secondary N) is 1. The topological polar surface area (TPSA) is 55.4 Å². The predicted molar refractivity (Wildman–Crippen MR) is 123 cm³/mol. The number of hydrogen-bond acceptors (Lipinski definition) is 3. The second-order valence-electron chi connectivity index (χ2n) is 10.7. The first-order valence-electron chi connectivity index (χ1n) is 12.5. The van der Waals surface area contributed by atoms with Crippen LogP contribution in [0.25, 0.3) is 0 Å². The second-order valence-corrected chi connectivity index (χ2v) is 10.7. The Morgan fingerprint density at radius 2 is 2.00 bits per heavy atom. The first-order chi connectivity index (χ1) is 15.1. The Labute approximate surface area is 188 Å². The quantitative estimate of drug-likeness (QED) is 0.718. The number of aryl methyl sites for hydroxylation is 1. The minimum Gasteiger partial charge on any atom is -0.381 e. The van der Waals surface area contributed by atoms with Gasteiger partial charge in [-0.25, -0.2) is 0 Å². The van der Waals surface area contributed by atoms with Crippen LogP contribution in [-0.4, -0.2) is 30.9 Å². The van der Waals surface area contributed by atoms with Gasteiger partial charge < -0.3 is 10.1 Å². The van der Waals surface area contributed by atoms with E-state index in [2.05, 4.69) is 36.5 Å². The molecule has 1 heterocycles. The van der Waals surface area contributed by atoms with Gasteiger partial charge in [-0.2, -0.15) is 0 Å². The first-order valence-corrected chi connectivity index (χ1v) is 12.5. The van der Waals surface area contributed by atoms with Gasteiger partial charge in [0.25, 0.3) is 0 Å². The fourth-order valence-electron chi connectivity index (χ4n) is 7.51. The Bertz CT molecular complexity index is 836. The SMILES string of the molecule is C[C@]12CCC3c4ccccc4CCC3C1[C@H](CCCC(=O)NC1CCOCC1)CC2=O.[HH]. The summed E-state index contributed by atoms with van der Waals surface area (Å²) >= 11 is 0. The molecule has 0 aromatic heterocycles. The third-order valence-electron chi connectivity index (χ3n) is 9.05. The molecule has 4 aliphatic rings. The Morgan fingerprint density at radius 1 is 1.19 bits per heavy atom. The Hall–Kier alpha value is -1.68. The van der Waals surface area contributed by atoms with Crippen molar-refractivity contribution >= 4 is 11.7 Å². The van der Waals surface area contributed by atoms with Crippen LogP contribution in [0.4, 0.5) is 0 Å². The number of amides is 1. The first kappa shape index (κ1) is 21.2. The smallest absolute Gasteiger partial charge is 0.220 e. The molecular weight excluding hydrogens is 386 g/mol. The van der Waals surface area contributed by atoms with Crippen molar-refractivity contribution in [2.75, 3.05) is 13.2 Å². The standard InChI is InChI=1S/C27H37NO3.H2/c1-27-14-11-22-21-7-3-2-5-18(21)9-10-23(22)26(27)19(17-24(27)29)6-4-8-25(30)28-20-12-15-31-16-13-20;/h2-3,5,7,19-20,22-23,26H,4,6,8-17H2,1H3,(H,28,30);1H/t19-,22?,23?,26?,27-;/m1./s1. The predicted octanol–water partition coefficient (Wildman–Crippen LogP) is 5.05. The summed E-state index contributed by atoms with van der Waals surface area (Å²) in [5, 5.41) is 3.19. The van der Waals surface area contributed by atoms with E-state index in [9.17, 15) is 9.59 Å². The number of ether oxygens (including phenoxy) is 1. The molecule has 4 nitrogen and oxygen atoms in total. The maximum atomic E-state index is 13.1. The lowest BCUT2D eigenvalue weighted by atomic mass is 9.54. The molecule has 1 aliphatic heterocycles. The van der Waals surface area contributed by atoms with Crippen LogP contribution < -0.4 is 5.32 Å². The molecule has 1 aromatic rings. The number of hydrogen-bond donors (Lipinski definition) is 1. The molecule has 3 unspecified atom stereocenters. The van der Waals surface area contributed by atoms with Crippen molar-refractivity contribution in [1.29, 1.82) is 0 Å². The summed E-state index contributed by atoms with van der Waals surface area (Å²) in [5.41, 5.74) is 2.94. The third-order valence-corrected chi connectivity index (χ3v) is 9.05. The summed E-state index contributed by atoms with van der Waals surface area (Å²) in [5.74, 6) is 2.85. The second kappa shape index (κ2) is 8.69. The fraction of sp³-hybridized carbons (Fsp3) is 0.704. The van der Waals surface area contributed by atoms with Crippen molar-refractivity contribution in [3.8, 4) is 0 Å². The highest BCUT2D eigenvalue weighted by atomic mass is 16.5. The number of ketones is 1. The van der Waals surface area contributed by atoms with Crippen LogP contribution >= 0.6 is 0 Å². The van der Waals surface area contributed by atoms with E-state index in [0.29, 0.717) is 35.9 Å². The van der Waals surface area contributed by atoms with Gasteiger partial charge in [-0.3, -0.25) is 9.59 Å². The molecule has 31 heavy (non-hydrogen) atoms. The number of rotatable bonds is 5. The Balaban J connectivity index is 0.00000245. The molecule has 1 amide bonds. The summed E-state index contributed by atoms with van der Waals surface area (Å²) in [7, 11) is 0. The molecule has 3 fully saturated rings. The molecule has 170 valence electrons. The van der Waals surface area contributed by atoms with E-state index in [1.807, 2.05) is 0 Å². The van der Waals surface area contributed by atoms with Gasteiger partial charge in [0.1, 0.15) is 5.78 Å². The lowest BCUT2D eigenvalue weighted by molar-refractivity contribution is -0.129. The summed E-state index contributed by atoms with van der Waals surface area (Å²) in [6.45, 7) is 3.76. The Kier molecular flexibility index (Phi) is 5.94. The van der Waals surface area contributed by atoms with Crippen LogP contribution in [0.1, 0.15) is 83.2 Å². The number of Topliss-reactive ketones (excluding diaryl/α,β-unsaturated/α-hetero) is 1. The zero-order valence-corrected chi connectivity index (χ0v) is 18.9. The zero-order chi connectivity index (χ0) is 21.4. The normalized spacial score (nSPS) is 35.2. The largest absolute Gasteiger partial charge is 0.381 e. The highest BCUT2D eigenvalue weighted by molar-refractivity contribution is 5.87. The van der Waals surface area contributed by atoms with Gasteiger partial charge in [0.2, 0.25) is 5.91 Å². The van der Waals surface area contributed by atoms with Crippen molar-refractivity contribution in [1.82, 2.24) is 5.32 Å². The van der Waals surface area contributed by atoms with E-state index in [0.717, 1.165) is 64.6 Å². The Morgan fingerprint density at radius 3 is 2.84 bits per heavy atom. The van der Waals surface area contributed by atoms with Crippen molar-refractivity contribution in [3.63, 3.8) is 0 Å². The van der Waals surface area contributed by atoms with Gasteiger partial charge in [-0.15, -0.1) is 0 Å². The molecule has 0 bridgehead atoms. The average Bonchev–Trinajstić information content (AvgIpc) is 3.04. The lowest BCUT2D eigenvalue weighted by Crippen LogP contribution is -2.44. The lowest BCUT2D eigenvalue weighted by Gasteiger charge is -2.50. The fourth-order valence-corrected chi connectivity index (χ4v) is 7.51. The van der Waals surface area contributed by atoms with Crippen LogP contribution in [0.3, 0.4) is 0 Å². The molecule has 3 aliphatic carbocycles. The van der Waals surface area contributed by atoms with Crippen molar-refractivity contribution in [2.45, 2.75) is 83.1 Å². The van der Waals surface area contributed by atoms with Gasteiger partial charge in [-0.1, -0.05) is 31.2 Å². The van der Waals surface area contributed by atoms with Gasteiger partial charge in [-0.05, 0) is 86.2 Å². The third kappa shape index (κ3) is 3.97. The molecule has 5 atom stereocenters. The highest BCUT2D eigenvalue weighted by Crippen LogP contribution is 2.62. The van der Waals surface area contributed by atoms with Gasteiger partial charge in [0.05, 0.1) is 0 Å². The van der Waals surface area contributed by atoms with E-state index in [-0.39, 0.29) is 18.8 Å². The maximum absolute atomic E-state index is 13.1. The zero-order valence-electron chi connectivity index (χ0n) is 18.9. The monoisotopic (exact) mass is 425 g/mol. The summed E-state index contributed by atoms with van der Waals surface area (Å²) in [6, 6.07) is 9.26. The molecule has 0 spiro atoms. The number of benzene rings is 1. The van der Waals surface area contributed by atoms with Crippen molar-refractivity contribution in [3.05, 3.63) is 35.4 Å². The highest BCUT2D eigenvalue weighted by Gasteiger charge is 2.58. The molecule has 1 aromatic carbocycles. The van der Waals surface area contributed by atoms with Gasteiger partial charge >= 0.3 is 0 Å².